The maximum atomic E-state index is 12.5. The van der Waals surface area contributed by atoms with Gasteiger partial charge in [-0.1, -0.05) is 77.0 Å². The van der Waals surface area contributed by atoms with E-state index in [1.165, 1.54) is 32.7 Å². The van der Waals surface area contributed by atoms with Crippen LogP contribution in [0.25, 0.3) is 0 Å². The molecule has 14 heteroatoms. The molecule has 2 unspecified atom stereocenters. The van der Waals surface area contributed by atoms with Gasteiger partial charge < -0.3 is 26.2 Å². The molecule has 0 aromatic rings. The van der Waals surface area contributed by atoms with Gasteiger partial charge in [0.05, 0.1) is 0 Å². The molecule has 0 aliphatic rings. The lowest BCUT2D eigenvalue weighted by atomic mass is 10.0. The highest BCUT2D eigenvalue weighted by Gasteiger charge is 2.30. The van der Waals surface area contributed by atoms with Crippen molar-refractivity contribution in [3.05, 3.63) is 0 Å². The lowest BCUT2D eigenvalue weighted by Gasteiger charge is -2.20. The molecule has 0 aromatic heterocycles. The molecule has 41 heavy (non-hydrogen) atoms. The van der Waals surface area contributed by atoms with E-state index in [2.05, 4.69) is 16.0 Å². The quantitative estimate of drug-likeness (QED) is 0.0624. The fourth-order valence-electron chi connectivity index (χ4n) is 4.27. The Morgan fingerprint density at radius 2 is 1.05 bits per heavy atom. The van der Waals surface area contributed by atoms with Gasteiger partial charge >= 0.3 is 11.9 Å². The molecule has 3 amide bonds. The van der Waals surface area contributed by atoms with Crippen molar-refractivity contribution in [3.8, 4) is 0 Å². The zero-order valence-corrected chi connectivity index (χ0v) is 25.0. The first-order valence-corrected chi connectivity index (χ1v) is 16.2. The maximum absolute atomic E-state index is 12.5. The van der Waals surface area contributed by atoms with Crippen LogP contribution >= 0.6 is 0 Å². The van der Waals surface area contributed by atoms with E-state index in [0.29, 0.717) is 6.42 Å². The molecule has 0 rings (SSSR count). The molecule has 0 aromatic carbocycles. The van der Waals surface area contributed by atoms with E-state index in [4.69, 9.17) is 5.11 Å². The van der Waals surface area contributed by atoms with Gasteiger partial charge in [0, 0.05) is 26.3 Å². The summed E-state index contributed by atoms with van der Waals surface area (Å²) in [6.45, 7) is 0. The predicted octanol–water partition coefficient (Wildman–Crippen LogP) is 2.78. The smallest absolute Gasteiger partial charge is 0.326 e. The number of carbonyl (C=O) groups excluding carboxylic acids is 3. The Morgan fingerprint density at radius 3 is 1.44 bits per heavy atom. The zero-order valence-electron chi connectivity index (χ0n) is 24.2. The molecule has 13 nitrogen and oxygen atoms in total. The van der Waals surface area contributed by atoms with E-state index < -0.39 is 57.6 Å². The second kappa shape index (κ2) is 22.9. The highest BCUT2D eigenvalue weighted by atomic mass is 32.2. The van der Waals surface area contributed by atoms with Crippen LogP contribution in [0, 0.1) is 0 Å². The van der Waals surface area contributed by atoms with Crippen molar-refractivity contribution >= 4 is 39.8 Å². The van der Waals surface area contributed by atoms with E-state index in [1.54, 1.807) is 0 Å². The third-order valence-electron chi connectivity index (χ3n) is 6.63. The summed E-state index contributed by atoms with van der Waals surface area (Å²) in [4.78, 5) is 58.1. The van der Waals surface area contributed by atoms with Crippen molar-refractivity contribution < 1.29 is 47.2 Å². The summed E-state index contributed by atoms with van der Waals surface area (Å²) < 4.78 is 31.9. The Bertz CT molecular complexity index is 911. The van der Waals surface area contributed by atoms with Crippen LogP contribution in [0.4, 0.5) is 0 Å². The van der Waals surface area contributed by atoms with Gasteiger partial charge in [0.2, 0.25) is 17.7 Å². The summed E-state index contributed by atoms with van der Waals surface area (Å²) in [5.41, 5.74) is 0. The molecule has 238 valence electrons. The van der Waals surface area contributed by atoms with Crippen molar-refractivity contribution in [2.24, 2.45) is 0 Å². The highest BCUT2D eigenvalue weighted by Crippen LogP contribution is 2.14. The Morgan fingerprint density at radius 1 is 0.610 bits per heavy atom. The van der Waals surface area contributed by atoms with Crippen molar-refractivity contribution in [1.82, 2.24) is 16.0 Å². The van der Waals surface area contributed by atoms with Gasteiger partial charge in [-0.15, -0.1) is 0 Å². The molecule has 0 spiro atoms. The van der Waals surface area contributed by atoms with Crippen LogP contribution in [-0.2, 0) is 34.1 Å². The third-order valence-corrected chi connectivity index (χ3v) is 7.38. The summed E-state index contributed by atoms with van der Waals surface area (Å²) in [6, 6.07) is -3.17. The van der Waals surface area contributed by atoms with Crippen molar-refractivity contribution in [2.45, 2.75) is 128 Å². The first-order valence-electron chi connectivity index (χ1n) is 14.6. The number of rotatable bonds is 26. The topological polar surface area (TPSA) is 216 Å². The van der Waals surface area contributed by atoms with E-state index in [9.17, 15) is 42.0 Å². The molecule has 0 bridgehead atoms. The summed E-state index contributed by atoms with van der Waals surface area (Å²) >= 11 is 0. The van der Waals surface area contributed by atoms with Gasteiger partial charge in [0.25, 0.3) is 10.1 Å². The fourth-order valence-corrected chi connectivity index (χ4v) is 4.93. The van der Waals surface area contributed by atoms with Crippen molar-refractivity contribution in [3.63, 3.8) is 0 Å². The minimum Gasteiger partial charge on any atom is -0.481 e. The predicted molar refractivity (Wildman–Crippen MR) is 153 cm³/mol. The monoisotopic (exact) mass is 607 g/mol. The minimum atomic E-state index is -4.66. The molecule has 0 heterocycles. The summed E-state index contributed by atoms with van der Waals surface area (Å²) in [7, 11) is -3.29. The van der Waals surface area contributed by atoms with E-state index in [1.807, 2.05) is 0 Å². The summed E-state index contributed by atoms with van der Waals surface area (Å²) in [5.74, 6) is -5.39. The van der Waals surface area contributed by atoms with Gasteiger partial charge in [-0.3, -0.25) is 23.7 Å². The molecule has 0 saturated heterocycles. The number of nitrogens with one attached hydrogen (secondary N) is 3. The van der Waals surface area contributed by atoms with Gasteiger partial charge in [0.15, 0.2) is 0 Å². The van der Waals surface area contributed by atoms with Gasteiger partial charge in [-0.2, -0.15) is 8.42 Å². The lowest BCUT2D eigenvalue weighted by Crippen LogP contribution is -2.54. The molecule has 0 radical (unpaired) electrons. The van der Waals surface area contributed by atoms with E-state index in [0.717, 1.165) is 57.8 Å². The first kappa shape index (κ1) is 38.3. The average Bonchev–Trinajstić information content (AvgIpc) is 2.88. The lowest BCUT2D eigenvalue weighted by molar-refractivity contribution is -0.142. The number of carboxylic acid groups (broad SMARTS) is 2. The number of unbranched alkanes of at least 4 members (excludes halogenated alkanes) is 13. The molecule has 2 atom stereocenters. The number of carboxylic acids is 2. The third kappa shape index (κ3) is 23.6. The molecular formula is C27H49N3O10S. The van der Waals surface area contributed by atoms with Crippen LogP contribution in [0.3, 0.4) is 0 Å². The first-order chi connectivity index (χ1) is 19.4. The van der Waals surface area contributed by atoms with Crippen LogP contribution < -0.4 is 16.0 Å². The Balaban J connectivity index is 4.18. The number of hydrogen-bond acceptors (Lipinski definition) is 7. The van der Waals surface area contributed by atoms with E-state index >= 15 is 0 Å². The molecule has 0 aliphatic carbocycles. The van der Waals surface area contributed by atoms with Crippen molar-refractivity contribution in [1.29, 1.82) is 0 Å². The largest absolute Gasteiger partial charge is 0.481 e. The summed E-state index contributed by atoms with van der Waals surface area (Å²) in [5, 5.41) is 24.6. The normalized spacial score (nSPS) is 12.7. The standard InChI is InChI=1S/C27H49N3O10S/c1-28-23(31)19-18-21(27(36)37)30-26(35)22(20-41(38,39)40)29-24(32)16-14-12-10-8-6-4-2-3-5-7-9-11-13-15-17-25(33)34/h21-22H,2-20H2,1H3,(H,28,31)(H,29,32)(H,30,35)(H,33,34)(H,36,37)(H,38,39,40). The van der Waals surface area contributed by atoms with Crippen LogP contribution in [0.2, 0.25) is 0 Å². The minimum absolute atomic E-state index is 0.0462. The van der Waals surface area contributed by atoms with Gasteiger partial charge in [-0.05, 0) is 19.3 Å². The molecular weight excluding hydrogens is 558 g/mol. The van der Waals surface area contributed by atoms with Gasteiger partial charge in [-0.25, -0.2) is 4.79 Å². The van der Waals surface area contributed by atoms with Crippen LogP contribution in [-0.4, -0.2) is 77.7 Å². The average molecular weight is 608 g/mol. The second-order valence-electron chi connectivity index (χ2n) is 10.3. The van der Waals surface area contributed by atoms with Crippen molar-refractivity contribution in [2.75, 3.05) is 12.8 Å². The number of aliphatic carboxylic acids is 2. The Hall–Kier alpha value is -2.74. The van der Waals surface area contributed by atoms with Gasteiger partial charge in [0.1, 0.15) is 17.8 Å². The molecule has 6 N–H and O–H groups in total. The maximum Gasteiger partial charge on any atom is 0.326 e. The Labute approximate surface area is 243 Å². The number of amides is 3. The SMILES string of the molecule is CNC(=O)CCC(NC(=O)C(CS(=O)(=O)O)NC(=O)CCCCCCCCCCCCCCCCC(=O)O)C(=O)O. The highest BCUT2D eigenvalue weighted by molar-refractivity contribution is 7.85. The fraction of sp³-hybridized carbons (Fsp3) is 0.815. The number of hydrogen-bond donors (Lipinski definition) is 6. The van der Waals surface area contributed by atoms with Crippen LogP contribution in [0.5, 0.6) is 0 Å². The zero-order chi connectivity index (χ0) is 31.1. The molecule has 0 saturated carbocycles. The van der Waals surface area contributed by atoms with Crippen LogP contribution in [0.15, 0.2) is 0 Å². The Kier molecular flexibility index (Phi) is 21.4. The van der Waals surface area contributed by atoms with E-state index in [-0.39, 0.29) is 25.7 Å². The molecule has 0 fully saturated rings. The second-order valence-corrected chi connectivity index (χ2v) is 11.8. The number of carbonyl (C=O) groups is 5. The summed E-state index contributed by atoms with van der Waals surface area (Å²) in [6.07, 6.45) is 14.1. The molecule has 0 aliphatic heterocycles. The van der Waals surface area contributed by atoms with Crippen LogP contribution in [0.1, 0.15) is 116 Å².